The van der Waals surface area contributed by atoms with Gasteiger partial charge in [0.05, 0.1) is 0 Å². The Morgan fingerprint density at radius 1 is 1.15 bits per heavy atom. The lowest BCUT2D eigenvalue weighted by molar-refractivity contribution is -0.130. The highest BCUT2D eigenvalue weighted by atomic mass is 16.5. The van der Waals surface area contributed by atoms with Crippen molar-refractivity contribution in [3.8, 4) is 0 Å². The van der Waals surface area contributed by atoms with Gasteiger partial charge in [-0.05, 0) is 24.7 Å². The van der Waals surface area contributed by atoms with Gasteiger partial charge in [-0.2, -0.15) is 0 Å². The van der Waals surface area contributed by atoms with Crippen LogP contribution in [-0.4, -0.2) is 88.2 Å². The lowest BCUT2D eigenvalue weighted by Gasteiger charge is -2.34. The van der Waals surface area contributed by atoms with E-state index >= 15 is 0 Å². The first-order chi connectivity index (χ1) is 12.6. The number of hydrogen-bond acceptors (Lipinski definition) is 4. The third kappa shape index (κ3) is 6.43. The van der Waals surface area contributed by atoms with E-state index in [-0.39, 0.29) is 5.91 Å². The molecule has 0 atom stereocenters. The summed E-state index contributed by atoms with van der Waals surface area (Å²) >= 11 is 0. The van der Waals surface area contributed by atoms with E-state index in [1.54, 1.807) is 14.0 Å². The Kier molecular flexibility index (Phi) is 8.65. The van der Waals surface area contributed by atoms with Crippen LogP contribution in [0.3, 0.4) is 0 Å². The molecule has 1 saturated heterocycles. The molecule has 7 nitrogen and oxygen atoms in total. The number of carbonyl (C=O) groups is 1. The second-order valence-corrected chi connectivity index (χ2v) is 7.65. The third-order valence-electron chi connectivity index (χ3n) is 5.89. The molecule has 0 aromatic carbocycles. The number of guanidine groups is 1. The number of aliphatic imine (C=N–C) groups is 1. The number of nitrogens with one attached hydrogen (secondary N) is 2. The summed E-state index contributed by atoms with van der Waals surface area (Å²) < 4.78 is 5.31. The highest BCUT2D eigenvalue weighted by Crippen LogP contribution is 2.40. The van der Waals surface area contributed by atoms with E-state index in [0.29, 0.717) is 5.41 Å². The fourth-order valence-electron chi connectivity index (χ4n) is 4.07. The van der Waals surface area contributed by atoms with Gasteiger partial charge in [0.15, 0.2) is 5.96 Å². The maximum atomic E-state index is 11.4. The maximum absolute atomic E-state index is 11.4. The van der Waals surface area contributed by atoms with Crippen LogP contribution in [0.15, 0.2) is 4.99 Å². The molecule has 2 rings (SSSR count). The van der Waals surface area contributed by atoms with Crippen molar-refractivity contribution in [1.82, 2.24) is 20.4 Å². The van der Waals surface area contributed by atoms with Gasteiger partial charge in [-0.15, -0.1) is 0 Å². The van der Waals surface area contributed by atoms with Gasteiger partial charge >= 0.3 is 0 Å². The molecular formula is C19H37N5O2. The molecule has 2 aliphatic rings. The zero-order chi connectivity index (χ0) is 18.8. The van der Waals surface area contributed by atoms with Crippen molar-refractivity contribution < 1.29 is 9.53 Å². The van der Waals surface area contributed by atoms with E-state index < -0.39 is 0 Å². The molecule has 1 amide bonds. The Bertz CT molecular complexity index is 455. The van der Waals surface area contributed by atoms with Crippen molar-refractivity contribution in [2.45, 2.75) is 39.0 Å². The van der Waals surface area contributed by atoms with E-state index in [4.69, 9.17) is 4.74 Å². The minimum absolute atomic E-state index is 0.182. The smallest absolute Gasteiger partial charge is 0.219 e. The first-order valence-corrected chi connectivity index (χ1v) is 10.00. The first-order valence-electron chi connectivity index (χ1n) is 10.00. The lowest BCUT2D eigenvalue weighted by atomic mass is 9.83. The number of rotatable bonds is 8. The Hall–Kier alpha value is -1.34. The molecule has 2 N–H and O–H groups in total. The molecule has 0 bridgehead atoms. The number of nitrogens with zero attached hydrogens (tertiary/aromatic N) is 3. The summed E-state index contributed by atoms with van der Waals surface area (Å²) in [7, 11) is 3.62. The van der Waals surface area contributed by atoms with Crippen molar-refractivity contribution >= 4 is 11.9 Å². The molecule has 7 heteroatoms. The van der Waals surface area contributed by atoms with Gasteiger partial charge in [0.1, 0.15) is 0 Å². The van der Waals surface area contributed by atoms with Crippen LogP contribution in [0.5, 0.6) is 0 Å². The van der Waals surface area contributed by atoms with Crippen LogP contribution < -0.4 is 10.6 Å². The monoisotopic (exact) mass is 367 g/mol. The topological polar surface area (TPSA) is 69.2 Å². The van der Waals surface area contributed by atoms with Crippen molar-refractivity contribution in [2.75, 3.05) is 66.6 Å². The second-order valence-electron chi connectivity index (χ2n) is 7.65. The fraction of sp³-hybridized carbons (Fsp3) is 0.895. The zero-order valence-electron chi connectivity index (χ0n) is 16.9. The largest absolute Gasteiger partial charge is 0.385 e. The average Bonchev–Trinajstić information content (AvgIpc) is 3.12. The van der Waals surface area contributed by atoms with Crippen LogP contribution in [0.25, 0.3) is 0 Å². The van der Waals surface area contributed by atoms with Gasteiger partial charge in [-0.25, -0.2) is 0 Å². The number of ether oxygens (including phenoxy) is 1. The number of hydrogen-bond donors (Lipinski definition) is 2. The normalized spacial score (nSPS) is 21.0. The molecule has 150 valence electrons. The van der Waals surface area contributed by atoms with Crippen LogP contribution >= 0.6 is 0 Å². The Morgan fingerprint density at radius 3 is 2.42 bits per heavy atom. The summed E-state index contributed by atoms with van der Waals surface area (Å²) in [5.74, 6) is 1.07. The van der Waals surface area contributed by atoms with Crippen LogP contribution in [0.1, 0.15) is 39.0 Å². The van der Waals surface area contributed by atoms with Gasteiger partial charge < -0.3 is 20.3 Å². The molecule has 1 saturated carbocycles. The third-order valence-corrected chi connectivity index (χ3v) is 5.89. The first kappa shape index (κ1) is 21.0. The van der Waals surface area contributed by atoms with Gasteiger partial charge in [-0.3, -0.25) is 14.7 Å². The molecule has 1 heterocycles. The van der Waals surface area contributed by atoms with Gasteiger partial charge in [-0.1, -0.05) is 12.8 Å². The highest BCUT2D eigenvalue weighted by Gasteiger charge is 2.33. The fourth-order valence-corrected chi connectivity index (χ4v) is 4.07. The minimum atomic E-state index is 0.182. The number of methoxy groups -OCH3 is 1. The molecule has 0 radical (unpaired) electrons. The number of piperazine rings is 1. The van der Waals surface area contributed by atoms with E-state index in [9.17, 15) is 4.79 Å². The van der Waals surface area contributed by atoms with Gasteiger partial charge in [0.2, 0.25) is 5.91 Å². The summed E-state index contributed by atoms with van der Waals surface area (Å²) in [5, 5.41) is 6.97. The minimum Gasteiger partial charge on any atom is -0.385 e. The van der Waals surface area contributed by atoms with Crippen molar-refractivity contribution in [3.63, 3.8) is 0 Å². The van der Waals surface area contributed by atoms with E-state index in [1.807, 2.05) is 11.9 Å². The van der Waals surface area contributed by atoms with E-state index in [0.717, 1.165) is 64.8 Å². The maximum Gasteiger partial charge on any atom is 0.219 e. The Balaban J connectivity index is 1.67. The summed E-state index contributed by atoms with van der Waals surface area (Å²) in [6.07, 6.45) is 6.32. The van der Waals surface area contributed by atoms with Crippen molar-refractivity contribution in [2.24, 2.45) is 10.4 Å². The Labute approximate surface area is 158 Å². The summed E-state index contributed by atoms with van der Waals surface area (Å²) in [4.78, 5) is 20.1. The Morgan fingerprint density at radius 2 is 1.85 bits per heavy atom. The van der Waals surface area contributed by atoms with Gasteiger partial charge in [0.25, 0.3) is 0 Å². The van der Waals surface area contributed by atoms with Crippen LogP contribution in [0, 0.1) is 5.41 Å². The second kappa shape index (κ2) is 10.7. The molecule has 0 aromatic heterocycles. The zero-order valence-corrected chi connectivity index (χ0v) is 16.9. The standard InChI is InChI=1S/C19H37N5O2/c1-17(25)24-13-11-23(12-14-24)10-9-21-18(20-2)22-16-19(8-15-26-3)6-4-5-7-19/h4-16H2,1-3H3,(H2,20,21,22). The van der Waals surface area contributed by atoms with E-state index in [1.165, 1.54) is 25.7 Å². The molecular weight excluding hydrogens is 330 g/mol. The lowest BCUT2D eigenvalue weighted by Crippen LogP contribution is -2.50. The molecule has 26 heavy (non-hydrogen) atoms. The molecule has 1 aliphatic heterocycles. The predicted molar refractivity (Wildman–Crippen MR) is 105 cm³/mol. The SMILES string of the molecule is CN=C(NCCN1CCN(C(C)=O)CC1)NCC1(CCOC)CCCC1. The number of carbonyl (C=O) groups excluding carboxylic acids is 1. The quantitative estimate of drug-likeness (QED) is 0.493. The van der Waals surface area contributed by atoms with Crippen LogP contribution in [0.2, 0.25) is 0 Å². The summed E-state index contributed by atoms with van der Waals surface area (Å²) in [5.41, 5.74) is 0.358. The van der Waals surface area contributed by atoms with E-state index in [2.05, 4.69) is 20.5 Å². The molecule has 0 unspecified atom stereocenters. The van der Waals surface area contributed by atoms with Crippen LogP contribution in [-0.2, 0) is 9.53 Å². The predicted octanol–water partition coefficient (Wildman–Crippen LogP) is 0.912. The van der Waals surface area contributed by atoms with Crippen molar-refractivity contribution in [1.29, 1.82) is 0 Å². The van der Waals surface area contributed by atoms with Crippen LogP contribution in [0.4, 0.5) is 0 Å². The molecule has 0 aromatic rings. The molecule has 0 spiro atoms. The highest BCUT2D eigenvalue weighted by molar-refractivity contribution is 5.79. The van der Waals surface area contributed by atoms with Gasteiger partial charge in [0, 0.05) is 73.5 Å². The number of amides is 1. The molecule has 2 fully saturated rings. The van der Waals surface area contributed by atoms with Crippen molar-refractivity contribution in [3.05, 3.63) is 0 Å². The summed E-state index contributed by atoms with van der Waals surface area (Å²) in [6.45, 7) is 8.87. The average molecular weight is 368 g/mol. The summed E-state index contributed by atoms with van der Waals surface area (Å²) in [6, 6.07) is 0. The molecule has 1 aliphatic carbocycles.